The number of rotatable bonds is 6. The molecule has 0 bridgehead atoms. The van der Waals surface area contributed by atoms with Crippen LogP contribution in [-0.2, 0) is 38.1 Å². The summed E-state index contributed by atoms with van der Waals surface area (Å²) in [6, 6.07) is 0.627. The number of carboxylic acid groups (broad SMARTS) is 1. The summed E-state index contributed by atoms with van der Waals surface area (Å²) < 4.78 is 26.2. The average molecular weight is 980 g/mol. The lowest BCUT2D eigenvalue weighted by molar-refractivity contribution is -0.139. The van der Waals surface area contributed by atoms with E-state index in [0.717, 1.165) is 59.0 Å². The van der Waals surface area contributed by atoms with Gasteiger partial charge in [0.2, 0.25) is 11.8 Å². The van der Waals surface area contributed by atoms with Crippen molar-refractivity contribution in [1.29, 1.82) is 0 Å². The Balaban J connectivity index is -0.000000856. The van der Waals surface area contributed by atoms with Gasteiger partial charge < -0.3 is 59.0 Å². The van der Waals surface area contributed by atoms with Crippen molar-refractivity contribution in [2.45, 2.75) is 129 Å². The van der Waals surface area contributed by atoms with Gasteiger partial charge >= 0.3 is 18.2 Å². The first-order valence-electron chi connectivity index (χ1n) is 22.8. The zero-order chi connectivity index (χ0) is 46.6. The van der Waals surface area contributed by atoms with Gasteiger partial charge in [0, 0.05) is 116 Å². The standard InChI is InChI=1S/C16H29N3O4.C12H22N2O4.C11H21N3O2.C4H9NO.5CH4/c1-13-11-19(15(21)23-16(2,3)4)6-5-18(13)12-14(20)17-7-9-22-10-8-17;1-9-7-14(11(17)18-12(2,3)4)6-5-13(9)8-10(15)16;1-10-8-12-2-3-14(10)9-11(15)13-4-6-16-7-5-13;1-3-6-4-2-5-1;;;;;/h13H,5-12H2,1-4H3;9H,5-8H2,1-4H3,(H,15,16);10,12H,2-9H2,1H3;5H,1-4H2;5*1H4. The molecular weight excluding hydrogens is 879 g/mol. The maximum Gasteiger partial charge on any atom is 0.410 e. The second-order valence-corrected chi connectivity index (χ2v) is 18.8. The van der Waals surface area contributed by atoms with E-state index in [9.17, 15) is 24.0 Å². The summed E-state index contributed by atoms with van der Waals surface area (Å²) in [5.74, 6) is -0.449. The summed E-state index contributed by atoms with van der Waals surface area (Å²) in [5, 5.41) is 15.3. The first kappa shape index (κ1) is 68.9. The highest BCUT2D eigenvalue weighted by Gasteiger charge is 2.33. The SMILES string of the molecule is C.C.C.C.C.C1COCCN1.CC1CN(C(=O)OC(C)(C)C)CCN1CC(=O)N1CCOCC1.CC1CN(C(=O)OC(C)(C)C)CCN1CC(=O)O.CC1CNCCN1CC(=O)N1CCOCC1. The molecule has 6 fully saturated rings. The van der Waals surface area contributed by atoms with Gasteiger partial charge in [-0.1, -0.05) is 37.1 Å². The van der Waals surface area contributed by atoms with Gasteiger partial charge in [0.1, 0.15) is 11.2 Å². The number of nitrogens with zero attached hydrogens (tertiary/aromatic N) is 7. The molecule has 4 amide bonds. The van der Waals surface area contributed by atoms with Gasteiger partial charge in [-0.15, -0.1) is 0 Å². The Morgan fingerprint density at radius 1 is 0.485 bits per heavy atom. The molecule has 0 radical (unpaired) electrons. The molecule has 68 heavy (non-hydrogen) atoms. The van der Waals surface area contributed by atoms with E-state index in [-0.39, 0.29) is 79.8 Å². The van der Waals surface area contributed by atoms with Crippen molar-refractivity contribution in [1.82, 2.24) is 44.9 Å². The Kier molecular flexibility index (Phi) is 35.3. The molecule has 0 spiro atoms. The second kappa shape index (κ2) is 34.8. The fourth-order valence-corrected chi connectivity index (χ4v) is 7.43. The molecule has 6 aliphatic heterocycles. The Labute approximate surface area is 412 Å². The number of nitrogens with one attached hydrogen (secondary N) is 2. The van der Waals surface area contributed by atoms with E-state index < -0.39 is 17.2 Å². The molecule has 3 unspecified atom stereocenters. The van der Waals surface area contributed by atoms with Crippen LogP contribution in [0.15, 0.2) is 0 Å². The topological polar surface area (TPSA) is 198 Å². The van der Waals surface area contributed by atoms with Gasteiger partial charge in [0.15, 0.2) is 0 Å². The van der Waals surface area contributed by atoms with Crippen molar-refractivity contribution in [2.24, 2.45) is 0 Å². The molecule has 6 aliphatic rings. The van der Waals surface area contributed by atoms with Crippen LogP contribution in [0.2, 0.25) is 0 Å². The molecule has 0 saturated carbocycles. The molecule has 0 aromatic heterocycles. The van der Waals surface area contributed by atoms with Crippen molar-refractivity contribution < 1.29 is 52.8 Å². The monoisotopic (exact) mass is 980 g/mol. The van der Waals surface area contributed by atoms with Gasteiger partial charge in [-0.25, -0.2) is 9.59 Å². The first-order valence-corrected chi connectivity index (χ1v) is 22.8. The van der Waals surface area contributed by atoms with Crippen LogP contribution in [0.4, 0.5) is 9.59 Å². The average Bonchev–Trinajstić information content (AvgIpc) is 3.23. The second-order valence-electron chi connectivity index (χ2n) is 18.8. The lowest BCUT2D eigenvalue weighted by Crippen LogP contribution is -2.57. The lowest BCUT2D eigenvalue weighted by Gasteiger charge is -2.40. The smallest absolute Gasteiger partial charge is 0.410 e. The highest BCUT2D eigenvalue weighted by atomic mass is 16.6. The summed E-state index contributed by atoms with van der Waals surface area (Å²) in [6.45, 7) is 33.9. The normalized spacial score (nSPS) is 22.5. The summed E-state index contributed by atoms with van der Waals surface area (Å²) in [5.41, 5.74) is -0.984. The van der Waals surface area contributed by atoms with E-state index in [1.807, 2.05) is 70.1 Å². The molecule has 0 aliphatic carbocycles. The van der Waals surface area contributed by atoms with Crippen LogP contribution >= 0.6 is 0 Å². The minimum atomic E-state index is -0.840. The molecule has 6 rings (SSSR count). The Morgan fingerprint density at radius 2 is 0.853 bits per heavy atom. The largest absolute Gasteiger partial charge is 0.480 e. The van der Waals surface area contributed by atoms with Gasteiger partial charge in [-0.05, 0) is 62.3 Å². The van der Waals surface area contributed by atoms with E-state index in [0.29, 0.717) is 97.9 Å². The van der Waals surface area contributed by atoms with Crippen LogP contribution in [0.5, 0.6) is 0 Å². The zero-order valence-electron chi connectivity index (χ0n) is 39.9. The maximum atomic E-state index is 12.3. The molecule has 0 aromatic carbocycles. The summed E-state index contributed by atoms with van der Waals surface area (Å²) in [7, 11) is 0. The Bertz CT molecular complexity index is 1390. The number of ether oxygens (including phenoxy) is 5. The fraction of sp³-hybridized carbons (Fsp3) is 0.896. The molecule has 20 heteroatoms. The highest BCUT2D eigenvalue weighted by molar-refractivity contribution is 5.79. The van der Waals surface area contributed by atoms with Crippen molar-refractivity contribution in [3.63, 3.8) is 0 Å². The van der Waals surface area contributed by atoms with Gasteiger partial charge in [0.25, 0.3) is 0 Å². The van der Waals surface area contributed by atoms with Crippen LogP contribution in [0.25, 0.3) is 0 Å². The third-order valence-corrected chi connectivity index (χ3v) is 11.1. The predicted molar refractivity (Wildman–Crippen MR) is 271 cm³/mol. The van der Waals surface area contributed by atoms with E-state index in [4.69, 9.17) is 28.8 Å². The van der Waals surface area contributed by atoms with Crippen molar-refractivity contribution in [3.05, 3.63) is 0 Å². The van der Waals surface area contributed by atoms with Gasteiger partial charge in [-0.2, -0.15) is 0 Å². The number of carbonyl (C=O) groups excluding carboxylic acids is 4. The van der Waals surface area contributed by atoms with E-state index >= 15 is 0 Å². The number of amides is 4. The van der Waals surface area contributed by atoms with Crippen LogP contribution < -0.4 is 10.6 Å². The lowest BCUT2D eigenvalue weighted by atomic mass is 10.2. The summed E-state index contributed by atoms with van der Waals surface area (Å²) in [4.78, 5) is 72.4. The number of aliphatic carboxylic acids is 1. The van der Waals surface area contributed by atoms with Crippen LogP contribution in [0.1, 0.15) is 99.4 Å². The molecule has 0 aromatic rings. The molecule has 20 nitrogen and oxygen atoms in total. The summed E-state index contributed by atoms with van der Waals surface area (Å²) in [6.07, 6.45) is -0.604. The minimum Gasteiger partial charge on any atom is -0.480 e. The van der Waals surface area contributed by atoms with Gasteiger partial charge in [0.05, 0.1) is 59.3 Å². The van der Waals surface area contributed by atoms with Crippen LogP contribution in [0, 0.1) is 0 Å². The Morgan fingerprint density at radius 3 is 1.16 bits per heavy atom. The zero-order valence-corrected chi connectivity index (χ0v) is 39.9. The molecule has 404 valence electrons. The molecule has 3 N–H and O–H groups in total. The third kappa shape index (κ3) is 27.1. The summed E-state index contributed by atoms with van der Waals surface area (Å²) >= 11 is 0. The highest BCUT2D eigenvalue weighted by Crippen LogP contribution is 2.17. The third-order valence-electron chi connectivity index (χ3n) is 11.1. The van der Waals surface area contributed by atoms with Crippen LogP contribution in [0.3, 0.4) is 0 Å². The quantitative estimate of drug-likeness (QED) is 0.348. The number of carbonyl (C=O) groups is 5. The predicted octanol–water partition coefficient (Wildman–Crippen LogP) is 3.72. The number of hydrogen-bond acceptors (Lipinski definition) is 15. The number of carboxylic acids is 1. The minimum absolute atomic E-state index is 0. The van der Waals surface area contributed by atoms with Crippen LogP contribution in [-0.4, -0.2) is 256 Å². The fourth-order valence-electron chi connectivity index (χ4n) is 7.43. The number of morpholine rings is 3. The van der Waals surface area contributed by atoms with E-state index in [1.54, 1.807) is 9.80 Å². The number of hydrogen-bond donors (Lipinski definition) is 3. The molecule has 6 heterocycles. The van der Waals surface area contributed by atoms with Crippen molar-refractivity contribution >= 4 is 30.0 Å². The Hall–Kier alpha value is -3.37. The molecular formula is C48H101N9O11. The van der Waals surface area contributed by atoms with Crippen molar-refractivity contribution in [2.75, 3.05) is 157 Å². The van der Waals surface area contributed by atoms with E-state index in [2.05, 4.69) is 27.4 Å². The molecule has 3 atom stereocenters. The maximum absolute atomic E-state index is 12.3. The molecule has 6 saturated heterocycles. The van der Waals surface area contributed by atoms with Crippen molar-refractivity contribution in [3.8, 4) is 0 Å². The number of piperazine rings is 3. The van der Waals surface area contributed by atoms with E-state index in [1.165, 1.54) is 0 Å². The van der Waals surface area contributed by atoms with Gasteiger partial charge in [-0.3, -0.25) is 29.1 Å². The first-order chi connectivity index (χ1) is 29.7.